The quantitative estimate of drug-likeness (QED) is 0.756. The van der Waals surface area contributed by atoms with Crippen molar-refractivity contribution in [2.75, 3.05) is 18.4 Å². The summed E-state index contributed by atoms with van der Waals surface area (Å²) >= 11 is 0. The average molecular weight is 311 g/mol. The van der Waals surface area contributed by atoms with Crippen LogP contribution in [0, 0.1) is 0 Å². The number of hydrogen-bond donors (Lipinski definition) is 2. The minimum absolute atomic E-state index is 0.106. The zero-order valence-corrected chi connectivity index (χ0v) is 12.5. The number of fused-ring (bicyclic) bond motifs is 1. The van der Waals surface area contributed by atoms with Crippen molar-refractivity contribution in [2.24, 2.45) is 0 Å². The van der Waals surface area contributed by atoms with Crippen LogP contribution in [0.3, 0.4) is 0 Å². The van der Waals surface area contributed by atoms with Crippen LogP contribution < -0.4 is 5.32 Å². The van der Waals surface area contributed by atoms with Crippen LogP contribution in [0.25, 0.3) is 5.65 Å². The van der Waals surface area contributed by atoms with Crippen molar-refractivity contribution in [1.29, 1.82) is 0 Å². The van der Waals surface area contributed by atoms with Crippen LogP contribution >= 0.6 is 0 Å². The van der Waals surface area contributed by atoms with Crippen molar-refractivity contribution in [3.8, 4) is 0 Å². The summed E-state index contributed by atoms with van der Waals surface area (Å²) in [5.74, 6) is 0.306. The molecule has 2 amide bonds. The van der Waals surface area contributed by atoms with Gasteiger partial charge in [0.15, 0.2) is 5.65 Å². The molecule has 4 rings (SSSR count). The monoisotopic (exact) mass is 311 g/mol. The van der Waals surface area contributed by atoms with Gasteiger partial charge in [-0.05, 0) is 31.0 Å². The van der Waals surface area contributed by atoms with Crippen LogP contribution in [0.1, 0.15) is 24.5 Å². The second kappa shape index (κ2) is 5.71. The molecule has 1 aliphatic heterocycles. The summed E-state index contributed by atoms with van der Waals surface area (Å²) in [4.78, 5) is 14.4. The van der Waals surface area contributed by atoms with Gasteiger partial charge in [0.25, 0.3) is 0 Å². The smallest absolute Gasteiger partial charge is 0.321 e. The highest BCUT2D eigenvalue weighted by molar-refractivity contribution is 5.93. The SMILES string of the molecule is O=C(Nc1cccn2cnnc12)N1CCCC(c2ccn[nH]2)C1. The summed E-state index contributed by atoms with van der Waals surface area (Å²) in [5.41, 5.74) is 2.39. The standard InChI is InChI=1S/C15H17N7O/c23-15(18-13-4-2-8-22-10-17-20-14(13)22)21-7-1-3-11(9-21)12-5-6-16-19-12/h2,4-6,8,10-11H,1,3,7,9H2,(H,16,19)(H,18,23). The molecule has 0 spiro atoms. The Hall–Kier alpha value is -2.90. The number of pyridine rings is 1. The second-order valence-corrected chi connectivity index (χ2v) is 5.71. The molecule has 1 atom stereocenters. The van der Waals surface area contributed by atoms with Crippen LogP contribution in [0.5, 0.6) is 0 Å². The number of anilines is 1. The van der Waals surface area contributed by atoms with E-state index in [2.05, 4.69) is 25.7 Å². The molecule has 0 saturated carbocycles. The first-order chi connectivity index (χ1) is 11.3. The third-order valence-electron chi connectivity index (χ3n) is 4.24. The first-order valence-corrected chi connectivity index (χ1v) is 7.65. The predicted octanol–water partition coefficient (Wildman–Crippen LogP) is 1.86. The van der Waals surface area contributed by atoms with Gasteiger partial charge in [-0.25, -0.2) is 4.79 Å². The molecule has 4 heterocycles. The van der Waals surface area contributed by atoms with Crippen molar-refractivity contribution in [1.82, 2.24) is 29.7 Å². The number of carbonyl (C=O) groups excluding carboxylic acids is 1. The van der Waals surface area contributed by atoms with Gasteiger partial charge in [-0.3, -0.25) is 9.50 Å². The molecule has 8 nitrogen and oxygen atoms in total. The highest BCUT2D eigenvalue weighted by Gasteiger charge is 2.25. The number of H-pyrrole nitrogens is 1. The van der Waals surface area contributed by atoms with Gasteiger partial charge in [0.1, 0.15) is 6.33 Å². The number of nitrogens with zero attached hydrogens (tertiary/aromatic N) is 5. The molecule has 118 valence electrons. The minimum atomic E-state index is -0.106. The Kier molecular flexibility index (Phi) is 3.41. The Balaban J connectivity index is 1.49. The molecular formula is C15H17N7O. The fourth-order valence-electron chi connectivity index (χ4n) is 3.05. The Morgan fingerprint density at radius 1 is 1.39 bits per heavy atom. The van der Waals surface area contributed by atoms with E-state index in [4.69, 9.17) is 0 Å². The number of aromatic nitrogens is 5. The summed E-state index contributed by atoms with van der Waals surface area (Å²) in [6.07, 6.45) is 7.25. The molecule has 0 radical (unpaired) electrons. The van der Waals surface area contributed by atoms with Gasteiger partial charge in [-0.1, -0.05) is 0 Å². The van der Waals surface area contributed by atoms with Crippen LogP contribution in [0.15, 0.2) is 36.9 Å². The molecule has 0 bridgehead atoms. The first kappa shape index (κ1) is 13.7. The van der Waals surface area contributed by atoms with Gasteiger partial charge in [-0.2, -0.15) is 5.10 Å². The highest BCUT2D eigenvalue weighted by Crippen LogP contribution is 2.26. The van der Waals surface area contributed by atoms with Crippen molar-refractivity contribution in [3.63, 3.8) is 0 Å². The molecule has 1 unspecified atom stereocenters. The van der Waals surface area contributed by atoms with E-state index in [0.29, 0.717) is 23.8 Å². The number of piperidine rings is 1. The van der Waals surface area contributed by atoms with E-state index in [-0.39, 0.29) is 6.03 Å². The largest absolute Gasteiger partial charge is 0.324 e. The Bertz CT molecular complexity index is 810. The van der Waals surface area contributed by atoms with E-state index in [0.717, 1.165) is 25.1 Å². The highest BCUT2D eigenvalue weighted by atomic mass is 16.2. The third-order valence-corrected chi connectivity index (χ3v) is 4.24. The number of nitrogens with one attached hydrogen (secondary N) is 2. The van der Waals surface area contributed by atoms with Crippen molar-refractivity contribution in [2.45, 2.75) is 18.8 Å². The molecule has 0 aromatic carbocycles. The van der Waals surface area contributed by atoms with E-state index in [1.54, 1.807) is 16.9 Å². The Labute approximate surface area is 132 Å². The third kappa shape index (κ3) is 2.63. The maximum Gasteiger partial charge on any atom is 0.321 e. The predicted molar refractivity (Wildman–Crippen MR) is 84.1 cm³/mol. The number of amides is 2. The molecule has 3 aromatic heterocycles. The number of rotatable bonds is 2. The molecule has 1 saturated heterocycles. The van der Waals surface area contributed by atoms with Crippen LogP contribution in [-0.2, 0) is 0 Å². The summed E-state index contributed by atoms with van der Waals surface area (Å²) in [6, 6.07) is 5.56. The number of aromatic amines is 1. The van der Waals surface area contributed by atoms with E-state index < -0.39 is 0 Å². The Morgan fingerprint density at radius 2 is 2.35 bits per heavy atom. The normalized spacial score (nSPS) is 18.3. The molecular weight excluding hydrogens is 294 g/mol. The number of urea groups is 1. The lowest BCUT2D eigenvalue weighted by Gasteiger charge is -2.32. The summed E-state index contributed by atoms with van der Waals surface area (Å²) in [7, 11) is 0. The van der Waals surface area contributed by atoms with Crippen molar-refractivity contribution in [3.05, 3.63) is 42.6 Å². The topological polar surface area (TPSA) is 91.2 Å². The van der Waals surface area contributed by atoms with E-state index in [1.807, 2.05) is 29.3 Å². The van der Waals surface area contributed by atoms with Crippen molar-refractivity contribution >= 4 is 17.4 Å². The average Bonchev–Trinajstić information content (AvgIpc) is 3.27. The molecule has 1 aliphatic rings. The van der Waals surface area contributed by atoms with Crippen molar-refractivity contribution < 1.29 is 4.79 Å². The van der Waals surface area contributed by atoms with Gasteiger partial charge in [0.05, 0.1) is 5.69 Å². The maximum atomic E-state index is 12.6. The van der Waals surface area contributed by atoms with E-state index >= 15 is 0 Å². The molecule has 2 N–H and O–H groups in total. The van der Waals surface area contributed by atoms with Crippen LogP contribution in [0.2, 0.25) is 0 Å². The van der Waals surface area contributed by atoms with Gasteiger partial charge in [-0.15, -0.1) is 10.2 Å². The van der Waals surface area contributed by atoms with Gasteiger partial charge >= 0.3 is 6.03 Å². The lowest BCUT2D eigenvalue weighted by molar-refractivity contribution is 0.192. The van der Waals surface area contributed by atoms with Crippen LogP contribution in [0.4, 0.5) is 10.5 Å². The molecule has 0 aliphatic carbocycles. The van der Waals surface area contributed by atoms with E-state index in [9.17, 15) is 4.79 Å². The maximum absolute atomic E-state index is 12.6. The summed E-state index contributed by atoms with van der Waals surface area (Å²) in [6.45, 7) is 1.44. The van der Waals surface area contributed by atoms with E-state index in [1.165, 1.54) is 0 Å². The number of hydrogen-bond acceptors (Lipinski definition) is 4. The second-order valence-electron chi connectivity index (χ2n) is 5.71. The van der Waals surface area contributed by atoms with Gasteiger partial charge in [0, 0.05) is 37.1 Å². The Morgan fingerprint density at radius 3 is 3.22 bits per heavy atom. The summed E-state index contributed by atoms with van der Waals surface area (Å²) in [5, 5.41) is 17.9. The fourth-order valence-corrected chi connectivity index (χ4v) is 3.05. The number of likely N-dealkylation sites (tertiary alicyclic amines) is 1. The molecule has 23 heavy (non-hydrogen) atoms. The fraction of sp³-hybridized carbons (Fsp3) is 0.333. The molecule has 1 fully saturated rings. The number of carbonyl (C=O) groups is 1. The zero-order chi connectivity index (χ0) is 15.6. The lowest BCUT2D eigenvalue weighted by atomic mass is 9.95. The van der Waals surface area contributed by atoms with Gasteiger partial charge in [0.2, 0.25) is 0 Å². The summed E-state index contributed by atoms with van der Waals surface area (Å²) < 4.78 is 1.78. The lowest BCUT2D eigenvalue weighted by Crippen LogP contribution is -2.41. The minimum Gasteiger partial charge on any atom is -0.324 e. The zero-order valence-electron chi connectivity index (χ0n) is 12.5. The molecule has 3 aromatic rings. The van der Waals surface area contributed by atoms with Gasteiger partial charge < -0.3 is 10.2 Å². The molecule has 8 heteroatoms. The first-order valence-electron chi connectivity index (χ1n) is 7.65. The van der Waals surface area contributed by atoms with Crippen LogP contribution in [-0.4, -0.2) is 48.8 Å².